The smallest absolute Gasteiger partial charge is 0.242 e. The van der Waals surface area contributed by atoms with Crippen LogP contribution in [0, 0.1) is 5.92 Å². The molecule has 2 fully saturated rings. The predicted molar refractivity (Wildman–Crippen MR) is 56.1 cm³/mol. The minimum Gasteiger partial charge on any atom is -0.347 e. The minimum absolute atomic E-state index is 0.0163. The molecular weight excluding hydrogens is 192 g/mol. The van der Waals surface area contributed by atoms with E-state index in [2.05, 4.69) is 19.2 Å². The zero-order valence-corrected chi connectivity index (χ0v) is 9.38. The Hall–Kier alpha value is -1.06. The Balaban J connectivity index is 2.12. The van der Waals surface area contributed by atoms with Gasteiger partial charge in [0, 0.05) is 18.5 Å². The van der Waals surface area contributed by atoms with E-state index in [1.54, 1.807) is 0 Å². The molecule has 2 amide bonds. The predicted octanol–water partition coefficient (Wildman–Crippen LogP) is 0.523. The van der Waals surface area contributed by atoms with Gasteiger partial charge in [-0.15, -0.1) is 0 Å². The number of nitrogens with zero attached hydrogens (tertiary/aromatic N) is 1. The zero-order valence-electron chi connectivity index (χ0n) is 9.38. The molecule has 0 bridgehead atoms. The molecule has 0 atom stereocenters. The second-order valence-corrected chi connectivity index (χ2v) is 5.00. The second-order valence-electron chi connectivity index (χ2n) is 5.00. The van der Waals surface area contributed by atoms with Gasteiger partial charge in [-0.25, -0.2) is 0 Å². The summed E-state index contributed by atoms with van der Waals surface area (Å²) in [5.41, 5.74) is -0.0800. The van der Waals surface area contributed by atoms with Gasteiger partial charge in [0.1, 0.15) is 0 Å². The van der Waals surface area contributed by atoms with Crippen LogP contribution in [0.25, 0.3) is 0 Å². The number of rotatable bonds is 2. The third-order valence-corrected chi connectivity index (χ3v) is 3.57. The molecule has 1 saturated heterocycles. The fraction of sp³-hybridized carbons (Fsp3) is 0.818. The molecule has 2 rings (SSSR count). The standard InChI is InChI=1S/C11H18N2O2/c1-11(2,8-3-4-8)13-6-5-9(14)12-7-10(13)15/h8H,3-7H2,1-2H3,(H,12,14). The first-order valence-electron chi connectivity index (χ1n) is 5.59. The van der Waals surface area contributed by atoms with Crippen molar-refractivity contribution in [2.24, 2.45) is 5.92 Å². The number of carbonyl (C=O) groups excluding carboxylic acids is 2. The molecule has 2 aliphatic rings. The monoisotopic (exact) mass is 210 g/mol. The van der Waals surface area contributed by atoms with E-state index >= 15 is 0 Å². The highest BCUT2D eigenvalue weighted by molar-refractivity contribution is 5.87. The average molecular weight is 210 g/mol. The maximum Gasteiger partial charge on any atom is 0.242 e. The van der Waals surface area contributed by atoms with Gasteiger partial charge in [0.05, 0.1) is 6.54 Å². The van der Waals surface area contributed by atoms with Gasteiger partial charge in [-0.1, -0.05) is 0 Å². The average Bonchev–Trinajstić information content (AvgIpc) is 2.95. The molecule has 0 aromatic rings. The largest absolute Gasteiger partial charge is 0.347 e. The Kier molecular flexibility index (Phi) is 2.44. The van der Waals surface area contributed by atoms with E-state index in [0.717, 1.165) is 0 Å². The first kappa shape index (κ1) is 10.5. The zero-order chi connectivity index (χ0) is 11.1. The van der Waals surface area contributed by atoms with Crippen molar-refractivity contribution in [2.75, 3.05) is 13.1 Å². The van der Waals surface area contributed by atoms with Crippen molar-refractivity contribution in [3.8, 4) is 0 Å². The summed E-state index contributed by atoms with van der Waals surface area (Å²) in [5.74, 6) is 0.657. The Morgan fingerprint density at radius 1 is 1.33 bits per heavy atom. The SMILES string of the molecule is CC(C)(C1CC1)N1CCC(=O)NCC1=O. The molecule has 1 aliphatic heterocycles. The summed E-state index contributed by atoms with van der Waals surface area (Å²) in [5, 5.41) is 2.63. The highest BCUT2D eigenvalue weighted by Crippen LogP contribution is 2.42. The van der Waals surface area contributed by atoms with Crippen LogP contribution in [0.5, 0.6) is 0 Å². The maximum absolute atomic E-state index is 11.8. The fourth-order valence-electron chi connectivity index (χ4n) is 2.32. The van der Waals surface area contributed by atoms with Crippen LogP contribution in [0.3, 0.4) is 0 Å². The molecule has 1 heterocycles. The molecular formula is C11H18N2O2. The molecule has 0 unspecified atom stereocenters. The molecule has 0 radical (unpaired) electrons. The highest BCUT2D eigenvalue weighted by atomic mass is 16.2. The molecule has 15 heavy (non-hydrogen) atoms. The molecule has 0 spiro atoms. The van der Waals surface area contributed by atoms with Gasteiger partial charge in [-0.05, 0) is 32.6 Å². The molecule has 1 aliphatic carbocycles. The molecule has 0 aromatic carbocycles. The van der Waals surface area contributed by atoms with Gasteiger partial charge >= 0.3 is 0 Å². The summed E-state index contributed by atoms with van der Waals surface area (Å²) in [4.78, 5) is 24.9. The van der Waals surface area contributed by atoms with Gasteiger partial charge < -0.3 is 10.2 Å². The van der Waals surface area contributed by atoms with Gasteiger partial charge in [-0.3, -0.25) is 9.59 Å². The van der Waals surface area contributed by atoms with Crippen LogP contribution in [-0.2, 0) is 9.59 Å². The maximum atomic E-state index is 11.8. The third kappa shape index (κ3) is 1.98. The van der Waals surface area contributed by atoms with E-state index in [-0.39, 0.29) is 23.9 Å². The summed E-state index contributed by atoms with van der Waals surface area (Å²) in [7, 11) is 0. The molecule has 4 heteroatoms. The molecule has 1 N–H and O–H groups in total. The van der Waals surface area contributed by atoms with Crippen molar-refractivity contribution >= 4 is 11.8 Å². The van der Waals surface area contributed by atoms with Crippen LogP contribution in [0.4, 0.5) is 0 Å². The summed E-state index contributed by atoms with van der Waals surface area (Å²) >= 11 is 0. The quantitative estimate of drug-likeness (QED) is 0.722. The Labute approximate surface area is 90.0 Å². The summed E-state index contributed by atoms with van der Waals surface area (Å²) in [6.07, 6.45) is 2.85. The summed E-state index contributed by atoms with van der Waals surface area (Å²) in [6, 6.07) is 0. The van der Waals surface area contributed by atoms with Gasteiger partial charge in [-0.2, -0.15) is 0 Å². The lowest BCUT2D eigenvalue weighted by Gasteiger charge is -2.38. The van der Waals surface area contributed by atoms with Crippen molar-refractivity contribution in [3.05, 3.63) is 0 Å². The van der Waals surface area contributed by atoms with Crippen LogP contribution < -0.4 is 5.32 Å². The van der Waals surface area contributed by atoms with E-state index < -0.39 is 0 Å². The van der Waals surface area contributed by atoms with Gasteiger partial charge in [0.2, 0.25) is 11.8 Å². The Morgan fingerprint density at radius 3 is 2.60 bits per heavy atom. The van der Waals surface area contributed by atoms with E-state index in [1.165, 1.54) is 12.8 Å². The normalized spacial score (nSPS) is 23.7. The van der Waals surface area contributed by atoms with E-state index in [4.69, 9.17) is 0 Å². The van der Waals surface area contributed by atoms with Crippen molar-refractivity contribution in [1.29, 1.82) is 0 Å². The van der Waals surface area contributed by atoms with Crippen molar-refractivity contribution < 1.29 is 9.59 Å². The highest BCUT2D eigenvalue weighted by Gasteiger charge is 2.44. The van der Waals surface area contributed by atoms with Crippen LogP contribution in [0.15, 0.2) is 0 Å². The van der Waals surface area contributed by atoms with Gasteiger partial charge in [0.15, 0.2) is 0 Å². The number of hydrogen-bond acceptors (Lipinski definition) is 2. The number of nitrogens with one attached hydrogen (secondary N) is 1. The van der Waals surface area contributed by atoms with Gasteiger partial charge in [0.25, 0.3) is 0 Å². The van der Waals surface area contributed by atoms with E-state index in [9.17, 15) is 9.59 Å². The number of carbonyl (C=O) groups is 2. The lowest BCUT2D eigenvalue weighted by molar-refractivity contribution is -0.135. The fourth-order valence-corrected chi connectivity index (χ4v) is 2.32. The topological polar surface area (TPSA) is 49.4 Å². The minimum atomic E-state index is -0.0800. The molecule has 4 nitrogen and oxygen atoms in total. The van der Waals surface area contributed by atoms with E-state index in [0.29, 0.717) is 18.9 Å². The molecule has 0 aromatic heterocycles. The number of amides is 2. The Morgan fingerprint density at radius 2 is 2.00 bits per heavy atom. The van der Waals surface area contributed by atoms with E-state index in [1.807, 2.05) is 4.90 Å². The first-order chi connectivity index (χ1) is 7.01. The van der Waals surface area contributed by atoms with Crippen LogP contribution in [0.2, 0.25) is 0 Å². The van der Waals surface area contributed by atoms with Crippen LogP contribution >= 0.6 is 0 Å². The third-order valence-electron chi connectivity index (χ3n) is 3.57. The summed E-state index contributed by atoms with van der Waals surface area (Å²) < 4.78 is 0. The van der Waals surface area contributed by atoms with Crippen molar-refractivity contribution in [2.45, 2.75) is 38.6 Å². The lowest BCUT2D eigenvalue weighted by Crippen LogP contribution is -2.50. The lowest BCUT2D eigenvalue weighted by atomic mass is 9.95. The molecule has 84 valence electrons. The molecule has 1 saturated carbocycles. The van der Waals surface area contributed by atoms with Crippen LogP contribution in [0.1, 0.15) is 33.1 Å². The Bertz CT molecular complexity index is 295. The first-order valence-corrected chi connectivity index (χ1v) is 5.59. The summed E-state index contributed by atoms with van der Waals surface area (Å²) in [6.45, 7) is 4.94. The number of hydrogen-bond donors (Lipinski definition) is 1. The van der Waals surface area contributed by atoms with Crippen molar-refractivity contribution in [3.63, 3.8) is 0 Å². The second kappa shape index (κ2) is 3.51. The van der Waals surface area contributed by atoms with Crippen LogP contribution in [-0.4, -0.2) is 35.3 Å². The van der Waals surface area contributed by atoms with Crippen molar-refractivity contribution in [1.82, 2.24) is 10.2 Å².